The lowest BCUT2D eigenvalue weighted by atomic mass is 10.3. The number of ether oxygens (including phenoxy) is 1. The van der Waals surface area contributed by atoms with Gasteiger partial charge in [0.05, 0.1) is 17.7 Å². The molecule has 0 saturated heterocycles. The van der Waals surface area contributed by atoms with Crippen molar-refractivity contribution in [2.75, 3.05) is 7.11 Å². The second kappa shape index (κ2) is 5.83. The monoisotopic (exact) mass is 293 g/mol. The molecule has 1 aromatic heterocycles. The molecule has 20 heavy (non-hydrogen) atoms. The summed E-state index contributed by atoms with van der Waals surface area (Å²) in [6, 6.07) is 8.59. The second-order valence-corrected chi connectivity index (χ2v) is 5.73. The van der Waals surface area contributed by atoms with E-state index >= 15 is 0 Å². The molecule has 2 rings (SSSR count). The fourth-order valence-corrected chi connectivity index (χ4v) is 2.50. The summed E-state index contributed by atoms with van der Waals surface area (Å²) in [5.74, 6) is -0.0163. The zero-order valence-corrected chi connectivity index (χ0v) is 11.5. The van der Waals surface area contributed by atoms with Gasteiger partial charge in [0.2, 0.25) is 0 Å². The summed E-state index contributed by atoms with van der Waals surface area (Å²) >= 11 is 0. The fraction of sp³-hybridized carbons (Fsp3) is 0.0714. The minimum Gasteiger partial charge on any atom is -0.497 e. The van der Waals surface area contributed by atoms with Crippen LogP contribution in [-0.4, -0.2) is 20.5 Å². The second-order valence-electron chi connectivity index (χ2n) is 3.89. The third-order valence-electron chi connectivity index (χ3n) is 2.58. The third kappa shape index (κ3) is 3.21. The Hall–Kier alpha value is -2.21. The van der Waals surface area contributed by atoms with E-state index in [0.29, 0.717) is 5.75 Å². The summed E-state index contributed by atoms with van der Waals surface area (Å²) in [5, 5.41) is 0.931. The molecule has 0 spiro atoms. The predicted octanol–water partition coefficient (Wildman–Crippen LogP) is 2.67. The molecule has 1 aromatic carbocycles. The summed E-state index contributed by atoms with van der Waals surface area (Å²) in [6.07, 6.45) is 2.53. The summed E-state index contributed by atoms with van der Waals surface area (Å²) in [4.78, 5) is 3.86. The molecule has 104 valence electrons. The molecule has 0 amide bonds. The van der Waals surface area contributed by atoms with E-state index in [-0.39, 0.29) is 10.6 Å². The van der Waals surface area contributed by atoms with Crippen molar-refractivity contribution >= 4 is 15.9 Å². The number of aromatic nitrogens is 1. The van der Waals surface area contributed by atoms with Crippen molar-refractivity contribution in [2.45, 2.75) is 4.90 Å². The highest BCUT2D eigenvalue weighted by Crippen LogP contribution is 2.18. The van der Waals surface area contributed by atoms with E-state index in [1.54, 1.807) is 12.1 Å². The van der Waals surface area contributed by atoms with Crippen molar-refractivity contribution in [2.24, 2.45) is 0 Å². The van der Waals surface area contributed by atoms with Gasteiger partial charge in [-0.25, -0.2) is 12.8 Å². The summed E-state index contributed by atoms with van der Waals surface area (Å²) in [7, 11) is -2.15. The van der Waals surface area contributed by atoms with E-state index in [0.717, 1.165) is 11.5 Å². The number of benzene rings is 1. The Morgan fingerprint density at radius 2 is 1.90 bits per heavy atom. The molecule has 2 aromatic rings. The smallest absolute Gasteiger partial charge is 0.199 e. The summed E-state index contributed by atoms with van der Waals surface area (Å²) < 4.78 is 42.4. The summed E-state index contributed by atoms with van der Waals surface area (Å²) in [6.45, 7) is 0. The maximum atomic E-state index is 13.3. The molecule has 0 saturated carbocycles. The van der Waals surface area contributed by atoms with Gasteiger partial charge in [0.25, 0.3) is 0 Å². The van der Waals surface area contributed by atoms with E-state index < -0.39 is 15.7 Å². The molecule has 0 N–H and O–H groups in total. The Kier molecular flexibility index (Phi) is 4.14. The van der Waals surface area contributed by atoms with Gasteiger partial charge in [0.1, 0.15) is 11.6 Å². The van der Waals surface area contributed by atoms with Crippen LogP contribution < -0.4 is 4.74 Å². The zero-order valence-electron chi connectivity index (χ0n) is 10.7. The van der Waals surface area contributed by atoms with Crippen LogP contribution in [0.3, 0.4) is 0 Å². The van der Waals surface area contributed by atoms with Crippen molar-refractivity contribution in [1.82, 2.24) is 4.98 Å². The molecule has 0 aliphatic carbocycles. The number of methoxy groups -OCH3 is 1. The van der Waals surface area contributed by atoms with Gasteiger partial charge in [-0.3, -0.25) is 4.98 Å². The van der Waals surface area contributed by atoms with Gasteiger partial charge >= 0.3 is 0 Å². The lowest BCUT2D eigenvalue weighted by molar-refractivity contribution is 0.414. The first-order chi connectivity index (χ1) is 9.53. The Balaban J connectivity index is 2.29. The first-order valence-electron chi connectivity index (χ1n) is 5.71. The molecule has 0 fully saturated rings. The van der Waals surface area contributed by atoms with Crippen molar-refractivity contribution in [3.8, 4) is 5.75 Å². The predicted molar refractivity (Wildman–Crippen MR) is 73.4 cm³/mol. The van der Waals surface area contributed by atoms with Crippen LogP contribution in [0.2, 0.25) is 0 Å². The number of rotatable bonds is 4. The normalized spacial score (nSPS) is 11.7. The van der Waals surface area contributed by atoms with Crippen LogP contribution in [0.25, 0.3) is 6.08 Å². The van der Waals surface area contributed by atoms with Gasteiger partial charge in [-0.1, -0.05) is 0 Å². The van der Waals surface area contributed by atoms with Crippen LogP contribution in [0.15, 0.2) is 52.9 Å². The van der Waals surface area contributed by atoms with E-state index in [4.69, 9.17) is 4.74 Å². The number of sulfone groups is 1. The van der Waals surface area contributed by atoms with E-state index in [1.807, 2.05) is 0 Å². The van der Waals surface area contributed by atoms with Gasteiger partial charge in [0.15, 0.2) is 9.84 Å². The highest BCUT2D eigenvalue weighted by atomic mass is 32.2. The zero-order chi connectivity index (χ0) is 14.6. The first-order valence-corrected chi connectivity index (χ1v) is 7.25. The van der Waals surface area contributed by atoms with Gasteiger partial charge < -0.3 is 4.74 Å². The van der Waals surface area contributed by atoms with Crippen LogP contribution in [-0.2, 0) is 9.84 Å². The molecule has 0 aliphatic rings. The largest absolute Gasteiger partial charge is 0.497 e. The standard InChI is InChI=1S/C14H12FNO3S/c1-19-11-4-6-12(7-5-11)20(17,18)10-8-14-13(15)3-2-9-16-14/h2-10H,1H3/b10-8+. The van der Waals surface area contributed by atoms with Crippen LogP contribution in [0, 0.1) is 5.82 Å². The highest BCUT2D eigenvalue weighted by Gasteiger charge is 2.10. The molecule has 6 heteroatoms. The lowest BCUT2D eigenvalue weighted by Gasteiger charge is -2.02. The van der Waals surface area contributed by atoms with Crippen LogP contribution >= 0.6 is 0 Å². The van der Waals surface area contributed by atoms with Gasteiger partial charge in [0, 0.05) is 11.6 Å². The Bertz CT molecular complexity index is 724. The quantitative estimate of drug-likeness (QED) is 0.869. The number of halogens is 1. The van der Waals surface area contributed by atoms with Gasteiger partial charge in [-0.2, -0.15) is 0 Å². The van der Waals surface area contributed by atoms with Crippen molar-refractivity contribution in [3.63, 3.8) is 0 Å². The van der Waals surface area contributed by atoms with Gasteiger partial charge in [-0.05, 0) is 42.5 Å². The van der Waals surface area contributed by atoms with Crippen LogP contribution in [0.5, 0.6) is 5.75 Å². The van der Waals surface area contributed by atoms with Crippen LogP contribution in [0.4, 0.5) is 4.39 Å². The summed E-state index contributed by atoms with van der Waals surface area (Å²) in [5.41, 5.74) is -0.0235. The molecule has 0 bridgehead atoms. The number of hydrogen-bond donors (Lipinski definition) is 0. The molecule has 1 heterocycles. The lowest BCUT2D eigenvalue weighted by Crippen LogP contribution is -1.97. The topological polar surface area (TPSA) is 56.3 Å². The van der Waals surface area contributed by atoms with Crippen molar-refractivity contribution < 1.29 is 17.5 Å². The first kappa shape index (κ1) is 14.2. The minimum atomic E-state index is -3.64. The highest BCUT2D eigenvalue weighted by molar-refractivity contribution is 7.94. The minimum absolute atomic E-state index is 0.0235. The average Bonchev–Trinajstić information content (AvgIpc) is 2.46. The maximum absolute atomic E-state index is 13.3. The SMILES string of the molecule is COc1ccc(S(=O)(=O)/C=C/c2ncccc2F)cc1. The molecule has 4 nitrogen and oxygen atoms in total. The van der Waals surface area contributed by atoms with Crippen molar-refractivity contribution in [1.29, 1.82) is 0 Å². The number of hydrogen-bond acceptors (Lipinski definition) is 4. The van der Waals surface area contributed by atoms with E-state index in [1.165, 1.54) is 37.6 Å². The maximum Gasteiger partial charge on any atom is 0.199 e. The molecule has 0 radical (unpaired) electrons. The molecule has 0 unspecified atom stereocenters. The van der Waals surface area contributed by atoms with Crippen LogP contribution in [0.1, 0.15) is 5.69 Å². The molecular weight excluding hydrogens is 281 g/mol. The Labute approximate surface area is 116 Å². The van der Waals surface area contributed by atoms with Crippen molar-refractivity contribution in [3.05, 3.63) is 59.5 Å². The fourth-order valence-electron chi connectivity index (χ4n) is 1.52. The average molecular weight is 293 g/mol. The Morgan fingerprint density at radius 1 is 1.20 bits per heavy atom. The van der Waals surface area contributed by atoms with E-state index in [9.17, 15) is 12.8 Å². The molecule has 0 atom stereocenters. The van der Waals surface area contributed by atoms with E-state index in [2.05, 4.69) is 4.98 Å². The molecule has 0 aliphatic heterocycles. The number of nitrogens with zero attached hydrogens (tertiary/aromatic N) is 1. The Morgan fingerprint density at radius 3 is 2.50 bits per heavy atom. The third-order valence-corrected chi connectivity index (χ3v) is 4.00. The number of pyridine rings is 1. The molecular formula is C14H12FNO3S. The van der Waals surface area contributed by atoms with Gasteiger partial charge in [-0.15, -0.1) is 0 Å².